The third-order valence-electron chi connectivity index (χ3n) is 3.76. The normalized spacial score (nSPS) is 10.2. The number of para-hydroxylation sites is 1. The Morgan fingerprint density at radius 3 is 2.46 bits per heavy atom. The van der Waals surface area contributed by atoms with Crippen LogP contribution in [0.25, 0.3) is 22.4 Å². The number of nitrogens with two attached hydrogens (primary N) is 1. The molecule has 118 valence electrons. The van der Waals surface area contributed by atoms with Crippen molar-refractivity contribution in [2.45, 2.75) is 0 Å². The molecule has 0 aliphatic carbocycles. The van der Waals surface area contributed by atoms with Crippen molar-refractivity contribution in [2.24, 2.45) is 0 Å². The van der Waals surface area contributed by atoms with Crippen LogP contribution in [0.1, 0.15) is 5.56 Å². The Morgan fingerprint density at radius 2 is 1.79 bits per heavy atom. The smallest absolute Gasteiger partial charge is 0.289 e. The Hall–Kier alpha value is -2.84. The second kappa shape index (κ2) is 6.73. The van der Waals surface area contributed by atoms with Crippen LogP contribution in [0.15, 0.2) is 59.1 Å². The molecule has 0 saturated carbocycles. The van der Waals surface area contributed by atoms with Crippen molar-refractivity contribution in [3.63, 3.8) is 0 Å². The SMILES string of the molecule is COc1ccccc1-c1cc(-c2ccc(Br)cc2)[nH+]c(N)c1C#N. The van der Waals surface area contributed by atoms with Crippen molar-refractivity contribution in [2.75, 3.05) is 12.8 Å². The fourth-order valence-electron chi connectivity index (χ4n) is 2.59. The van der Waals surface area contributed by atoms with Crippen LogP contribution in [0.2, 0.25) is 0 Å². The summed E-state index contributed by atoms with van der Waals surface area (Å²) in [4.78, 5) is 3.11. The van der Waals surface area contributed by atoms with Gasteiger partial charge in [0.15, 0.2) is 0 Å². The number of nitrogen functional groups attached to an aromatic ring is 1. The first-order valence-electron chi connectivity index (χ1n) is 7.29. The molecule has 0 saturated heterocycles. The summed E-state index contributed by atoms with van der Waals surface area (Å²) >= 11 is 3.43. The highest BCUT2D eigenvalue weighted by Gasteiger charge is 2.19. The van der Waals surface area contributed by atoms with E-state index in [1.54, 1.807) is 7.11 Å². The zero-order valence-electron chi connectivity index (χ0n) is 13.0. The first-order chi connectivity index (χ1) is 11.6. The van der Waals surface area contributed by atoms with Crippen LogP contribution < -0.4 is 15.5 Å². The van der Waals surface area contributed by atoms with Gasteiger partial charge in [0.25, 0.3) is 5.82 Å². The number of nitrogens with one attached hydrogen (secondary N) is 1. The van der Waals surface area contributed by atoms with Gasteiger partial charge in [0, 0.05) is 21.2 Å². The Balaban J connectivity index is 2.25. The molecule has 0 aliphatic rings. The monoisotopic (exact) mass is 380 g/mol. The van der Waals surface area contributed by atoms with E-state index in [1.807, 2.05) is 54.6 Å². The molecule has 0 unspecified atom stereocenters. The molecule has 3 aromatic rings. The average Bonchev–Trinajstić information content (AvgIpc) is 2.61. The minimum Gasteiger partial charge on any atom is -0.496 e. The van der Waals surface area contributed by atoms with Gasteiger partial charge < -0.3 is 4.74 Å². The van der Waals surface area contributed by atoms with Gasteiger partial charge in [-0.3, -0.25) is 5.73 Å². The molecule has 3 rings (SSSR count). The molecule has 0 spiro atoms. The number of pyridine rings is 1. The molecule has 4 nitrogen and oxygen atoms in total. The lowest BCUT2D eigenvalue weighted by atomic mass is 9.97. The van der Waals surface area contributed by atoms with Crippen molar-refractivity contribution >= 4 is 21.7 Å². The summed E-state index contributed by atoms with van der Waals surface area (Å²) in [7, 11) is 1.61. The predicted molar refractivity (Wildman–Crippen MR) is 97.2 cm³/mol. The summed E-state index contributed by atoms with van der Waals surface area (Å²) in [6, 6.07) is 19.6. The van der Waals surface area contributed by atoms with Gasteiger partial charge in [-0.15, -0.1) is 0 Å². The first-order valence-corrected chi connectivity index (χ1v) is 8.08. The Morgan fingerprint density at radius 1 is 1.08 bits per heavy atom. The number of nitriles is 1. The van der Waals surface area contributed by atoms with Gasteiger partial charge in [0.05, 0.1) is 7.11 Å². The minimum absolute atomic E-state index is 0.332. The van der Waals surface area contributed by atoms with E-state index >= 15 is 0 Å². The molecule has 1 aromatic heterocycles. The highest BCUT2D eigenvalue weighted by atomic mass is 79.9. The van der Waals surface area contributed by atoms with Gasteiger partial charge in [-0.1, -0.05) is 34.1 Å². The summed E-state index contributed by atoms with van der Waals surface area (Å²) in [6.45, 7) is 0. The predicted octanol–water partition coefficient (Wildman–Crippen LogP) is 4.06. The second-order valence-corrected chi connectivity index (χ2v) is 6.12. The van der Waals surface area contributed by atoms with E-state index in [0.29, 0.717) is 17.1 Å². The molecule has 0 aliphatic heterocycles. The van der Waals surface area contributed by atoms with Gasteiger partial charge in [-0.2, -0.15) is 5.26 Å². The number of benzene rings is 2. The van der Waals surface area contributed by atoms with Gasteiger partial charge in [0.1, 0.15) is 23.1 Å². The van der Waals surface area contributed by atoms with Crippen molar-refractivity contribution in [3.05, 3.63) is 64.6 Å². The molecule has 24 heavy (non-hydrogen) atoms. The number of H-pyrrole nitrogens is 1. The van der Waals surface area contributed by atoms with E-state index in [1.165, 1.54) is 0 Å². The zero-order chi connectivity index (χ0) is 17.1. The Kier molecular flexibility index (Phi) is 4.50. The zero-order valence-corrected chi connectivity index (χ0v) is 14.6. The van der Waals surface area contributed by atoms with Gasteiger partial charge in [-0.05, 0) is 36.4 Å². The van der Waals surface area contributed by atoms with Crippen LogP contribution >= 0.6 is 15.9 Å². The molecule has 0 atom stereocenters. The Labute approximate surface area is 148 Å². The third-order valence-corrected chi connectivity index (χ3v) is 4.29. The molecule has 0 amide bonds. The van der Waals surface area contributed by atoms with Crippen molar-refractivity contribution in [3.8, 4) is 34.2 Å². The summed E-state index contributed by atoms with van der Waals surface area (Å²) in [6.07, 6.45) is 0. The minimum atomic E-state index is 0.332. The molecular weight excluding hydrogens is 366 g/mol. The number of hydrogen-bond donors (Lipinski definition) is 1. The standard InChI is InChI=1S/C19H14BrN3O/c1-24-18-5-3-2-4-14(18)15-10-17(23-19(22)16(15)11-21)12-6-8-13(20)9-7-12/h2-10H,1H3,(H2,22,23)/p+1. The third kappa shape index (κ3) is 2.97. The topological polar surface area (TPSA) is 73.2 Å². The maximum Gasteiger partial charge on any atom is 0.289 e. The highest BCUT2D eigenvalue weighted by Crippen LogP contribution is 2.35. The molecule has 0 bridgehead atoms. The average molecular weight is 381 g/mol. The van der Waals surface area contributed by atoms with Crippen LogP contribution in [0, 0.1) is 11.3 Å². The lowest BCUT2D eigenvalue weighted by molar-refractivity contribution is -0.346. The highest BCUT2D eigenvalue weighted by molar-refractivity contribution is 9.10. The van der Waals surface area contributed by atoms with Crippen LogP contribution in [0.3, 0.4) is 0 Å². The first kappa shape index (κ1) is 16.0. The van der Waals surface area contributed by atoms with E-state index < -0.39 is 0 Å². The van der Waals surface area contributed by atoms with Crippen LogP contribution in [-0.2, 0) is 0 Å². The molecular formula is C19H15BrN3O+. The lowest BCUT2D eigenvalue weighted by Gasteiger charge is -2.11. The molecule has 2 aromatic carbocycles. The summed E-state index contributed by atoms with van der Waals surface area (Å²) in [5.74, 6) is 1.03. The quantitative estimate of drug-likeness (QED) is 0.744. The van der Waals surface area contributed by atoms with E-state index in [0.717, 1.165) is 26.9 Å². The Bertz CT molecular complexity index is 930. The number of rotatable bonds is 3. The molecule has 1 heterocycles. The van der Waals surface area contributed by atoms with Crippen molar-refractivity contribution in [1.82, 2.24) is 0 Å². The summed E-state index contributed by atoms with van der Waals surface area (Å²) < 4.78 is 6.43. The number of halogens is 1. The summed E-state index contributed by atoms with van der Waals surface area (Å²) in [5, 5.41) is 9.53. The van der Waals surface area contributed by atoms with Gasteiger partial charge in [-0.25, -0.2) is 4.98 Å². The van der Waals surface area contributed by atoms with Crippen LogP contribution in [0.4, 0.5) is 5.82 Å². The largest absolute Gasteiger partial charge is 0.496 e. The number of aromatic amines is 1. The number of ether oxygens (including phenoxy) is 1. The number of hydrogen-bond acceptors (Lipinski definition) is 3. The fourth-order valence-corrected chi connectivity index (χ4v) is 2.85. The van der Waals surface area contributed by atoms with Crippen LogP contribution in [0.5, 0.6) is 5.75 Å². The molecule has 0 fully saturated rings. The van der Waals surface area contributed by atoms with E-state index in [2.05, 4.69) is 27.0 Å². The van der Waals surface area contributed by atoms with E-state index in [4.69, 9.17) is 10.5 Å². The van der Waals surface area contributed by atoms with Gasteiger partial charge in [0.2, 0.25) is 0 Å². The van der Waals surface area contributed by atoms with E-state index in [9.17, 15) is 5.26 Å². The summed E-state index contributed by atoms with van der Waals surface area (Å²) in [5.41, 5.74) is 9.88. The maximum absolute atomic E-state index is 9.53. The number of anilines is 1. The maximum atomic E-state index is 9.53. The molecule has 0 radical (unpaired) electrons. The molecule has 3 N–H and O–H groups in total. The van der Waals surface area contributed by atoms with Crippen molar-refractivity contribution < 1.29 is 9.72 Å². The second-order valence-electron chi connectivity index (χ2n) is 5.20. The lowest BCUT2D eigenvalue weighted by Crippen LogP contribution is -2.16. The number of nitrogens with zero attached hydrogens (tertiary/aromatic N) is 1. The number of aromatic nitrogens is 1. The number of methoxy groups -OCH3 is 1. The molecule has 5 heteroatoms. The van der Waals surface area contributed by atoms with E-state index in [-0.39, 0.29) is 0 Å². The fraction of sp³-hybridized carbons (Fsp3) is 0.0526. The van der Waals surface area contributed by atoms with Gasteiger partial charge >= 0.3 is 0 Å². The van der Waals surface area contributed by atoms with Crippen LogP contribution in [-0.4, -0.2) is 7.11 Å². The van der Waals surface area contributed by atoms with Crippen molar-refractivity contribution in [1.29, 1.82) is 5.26 Å².